The number of aryl methyl sites for hydroxylation is 1. The number of halogens is 1. The summed E-state index contributed by atoms with van der Waals surface area (Å²) in [5.74, 6) is -2.19. The van der Waals surface area contributed by atoms with Crippen molar-refractivity contribution in [2.24, 2.45) is 5.92 Å². The number of carboxylic acid groups (broad SMARTS) is 2. The number of imidazole rings is 1. The van der Waals surface area contributed by atoms with Gasteiger partial charge in [0.05, 0.1) is 17.5 Å². The van der Waals surface area contributed by atoms with Crippen LogP contribution in [0.2, 0.25) is 0 Å². The lowest BCUT2D eigenvalue weighted by Crippen LogP contribution is -2.40. The van der Waals surface area contributed by atoms with Crippen LogP contribution in [0.3, 0.4) is 0 Å². The molecule has 0 radical (unpaired) electrons. The lowest BCUT2D eigenvalue weighted by atomic mass is 9.96. The molecule has 0 spiro atoms. The Morgan fingerprint density at radius 2 is 1.61 bits per heavy atom. The summed E-state index contributed by atoms with van der Waals surface area (Å²) in [6.07, 6.45) is 2.35. The van der Waals surface area contributed by atoms with Crippen molar-refractivity contribution in [2.45, 2.75) is 32.7 Å². The highest BCUT2D eigenvalue weighted by molar-refractivity contribution is 6.27. The number of nitrogens with zero attached hydrogens (tertiary/aromatic N) is 3. The molecule has 8 nitrogen and oxygen atoms in total. The van der Waals surface area contributed by atoms with E-state index in [9.17, 15) is 9.18 Å². The molecule has 1 amide bonds. The van der Waals surface area contributed by atoms with Crippen LogP contribution in [0.25, 0.3) is 11.0 Å². The van der Waals surface area contributed by atoms with Crippen molar-refractivity contribution in [1.29, 1.82) is 0 Å². The van der Waals surface area contributed by atoms with E-state index in [1.807, 2.05) is 11.0 Å². The average molecular weight is 455 g/mol. The molecule has 2 N–H and O–H groups in total. The number of hydrogen-bond donors (Lipinski definition) is 2. The molecule has 0 unspecified atom stereocenters. The van der Waals surface area contributed by atoms with Gasteiger partial charge < -0.3 is 19.7 Å². The Morgan fingerprint density at radius 1 is 1.00 bits per heavy atom. The predicted molar refractivity (Wildman–Crippen MR) is 119 cm³/mol. The highest BCUT2D eigenvalue weighted by atomic mass is 19.1. The van der Waals surface area contributed by atoms with Crippen molar-refractivity contribution in [3.05, 3.63) is 65.7 Å². The first kappa shape index (κ1) is 23.9. The molecule has 0 aliphatic carbocycles. The Hall–Kier alpha value is -3.75. The SMILES string of the molecule is Cc1nc2ccccc2n1CC1CCN(C(=O)Cc2ccc(F)cc2)CC1.O=C(O)C(=O)O. The number of amides is 1. The number of rotatable bonds is 4. The van der Waals surface area contributed by atoms with E-state index >= 15 is 0 Å². The summed E-state index contributed by atoms with van der Waals surface area (Å²) in [6, 6.07) is 14.4. The Balaban J connectivity index is 0.000000454. The number of aromatic nitrogens is 2. The molecular formula is C24H26FN3O5. The molecule has 3 aromatic rings. The van der Waals surface area contributed by atoms with Gasteiger partial charge in [-0.3, -0.25) is 4.79 Å². The first-order chi connectivity index (χ1) is 15.7. The molecule has 9 heteroatoms. The third-order valence-electron chi connectivity index (χ3n) is 5.70. The summed E-state index contributed by atoms with van der Waals surface area (Å²) in [7, 11) is 0. The van der Waals surface area contributed by atoms with E-state index in [-0.39, 0.29) is 11.7 Å². The van der Waals surface area contributed by atoms with Crippen LogP contribution in [0, 0.1) is 18.7 Å². The number of likely N-dealkylation sites (tertiary alicyclic amines) is 1. The van der Waals surface area contributed by atoms with Crippen LogP contribution in [0.1, 0.15) is 24.2 Å². The number of carboxylic acids is 2. The van der Waals surface area contributed by atoms with Gasteiger partial charge in [-0.1, -0.05) is 24.3 Å². The molecule has 2 heterocycles. The van der Waals surface area contributed by atoms with E-state index in [0.717, 1.165) is 49.4 Å². The van der Waals surface area contributed by atoms with Crippen LogP contribution in [0.15, 0.2) is 48.5 Å². The van der Waals surface area contributed by atoms with Crippen molar-refractivity contribution in [3.8, 4) is 0 Å². The number of carbonyl (C=O) groups is 3. The number of aliphatic carboxylic acids is 2. The number of fused-ring (bicyclic) bond motifs is 1. The number of benzene rings is 2. The van der Waals surface area contributed by atoms with Crippen molar-refractivity contribution < 1.29 is 29.0 Å². The van der Waals surface area contributed by atoms with Crippen LogP contribution in [-0.4, -0.2) is 55.6 Å². The molecular weight excluding hydrogens is 429 g/mol. The number of piperidine rings is 1. The third-order valence-corrected chi connectivity index (χ3v) is 5.70. The molecule has 2 aromatic carbocycles. The Bertz CT molecular complexity index is 1120. The first-order valence-corrected chi connectivity index (χ1v) is 10.6. The summed E-state index contributed by atoms with van der Waals surface area (Å²) < 4.78 is 15.3. The van der Waals surface area contributed by atoms with Crippen LogP contribution in [0.4, 0.5) is 4.39 Å². The summed E-state index contributed by atoms with van der Waals surface area (Å²) in [5, 5.41) is 14.8. The third kappa shape index (κ3) is 6.38. The average Bonchev–Trinajstić information content (AvgIpc) is 3.11. The Labute approximate surface area is 190 Å². The van der Waals surface area contributed by atoms with E-state index in [0.29, 0.717) is 12.3 Å². The van der Waals surface area contributed by atoms with Crippen molar-refractivity contribution >= 4 is 28.9 Å². The van der Waals surface area contributed by atoms with Crippen molar-refractivity contribution in [2.75, 3.05) is 13.1 Å². The predicted octanol–water partition coefficient (Wildman–Crippen LogP) is 3.12. The van der Waals surface area contributed by atoms with Crippen molar-refractivity contribution in [3.63, 3.8) is 0 Å². The molecule has 33 heavy (non-hydrogen) atoms. The Kier molecular flexibility index (Phi) is 7.76. The second-order valence-electron chi connectivity index (χ2n) is 8.00. The van der Waals surface area contributed by atoms with E-state index < -0.39 is 11.9 Å². The zero-order valence-corrected chi connectivity index (χ0v) is 18.3. The van der Waals surface area contributed by atoms with E-state index in [2.05, 4.69) is 34.7 Å². The fraction of sp³-hybridized carbons (Fsp3) is 0.333. The van der Waals surface area contributed by atoms with Gasteiger partial charge in [0, 0.05) is 19.6 Å². The normalized spacial score (nSPS) is 13.9. The molecule has 1 fully saturated rings. The summed E-state index contributed by atoms with van der Waals surface area (Å²) in [4.78, 5) is 37.3. The van der Waals surface area contributed by atoms with E-state index in [1.165, 1.54) is 17.6 Å². The molecule has 174 valence electrons. The van der Waals surface area contributed by atoms with Gasteiger partial charge >= 0.3 is 11.9 Å². The second-order valence-corrected chi connectivity index (χ2v) is 8.00. The number of hydrogen-bond acceptors (Lipinski definition) is 4. The first-order valence-electron chi connectivity index (χ1n) is 10.6. The maximum absolute atomic E-state index is 13.0. The lowest BCUT2D eigenvalue weighted by molar-refractivity contribution is -0.159. The maximum atomic E-state index is 13.0. The fourth-order valence-corrected chi connectivity index (χ4v) is 3.94. The van der Waals surface area contributed by atoms with E-state index in [4.69, 9.17) is 19.8 Å². The van der Waals surface area contributed by atoms with Crippen LogP contribution in [-0.2, 0) is 27.3 Å². The molecule has 4 rings (SSSR count). The maximum Gasteiger partial charge on any atom is 0.414 e. The van der Waals surface area contributed by atoms with Gasteiger partial charge in [-0.25, -0.2) is 19.0 Å². The van der Waals surface area contributed by atoms with E-state index in [1.54, 1.807) is 12.1 Å². The standard InChI is InChI=1S/C22H24FN3O.C2H2O4/c1-16-24-20-4-2-3-5-21(20)26(16)15-18-10-12-25(13-11-18)22(27)14-17-6-8-19(23)9-7-17;3-1(4)2(5)6/h2-9,18H,10-15H2,1H3;(H,3,4)(H,5,6). The highest BCUT2D eigenvalue weighted by Gasteiger charge is 2.24. The van der Waals surface area contributed by atoms with Gasteiger partial charge in [-0.05, 0) is 55.5 Å². The minimum absolute atomic E-state index is 0.129. The number of para-hydroxylation sites is 2. The van der Waals surface area contributed by atoms with Gasteiger partial charge in [0.2, 0.25) is 5.91 Å². The molecule has 0 bridgehead atoms. The smallest absolute Gasteiger partial charge is 0.414 e. The lowest BCUT2D eigenvalue weighted by Gasteiger charge is -2.32. The monoisotopic (exact) mass is 455 g/mol. The quantitative estimate of drug-likeness (QED) is 0.585. The fourth-order valence-electron chi connectivity index (χ4n) is 3.94. The summed E-state index contributed by atoms with van der Waals surface area (Å²) in [6.45, 7) is 4.58. The molecule has 0 atom stereocenters. The minimum Gasteiger partial charge on any atom is -0.473 e. The van der Waals surface area contributed by atoms with Gasteiger partial charge in [-0.15, -0.1) is 0 Å². The largest absolute Gasteiger partial charge is 0.473 e. The topological polar surface area (TPSA) is 113 Å². The highest BCUT2D eigenvalue weighted by Crippen LogP contribution is 2.24. The van der Waals surface area contributed by atoms with Gasteiger partial charge in [0.25, 0.3) is 0 Å². The van der Waals surface area contributed by atoms with Crippen molar-refractivity contribution in [1.82, 2.24) is 14.5 Å². The van der Waals surface area contributed by atoms with Gasteiger partial charge in [0.1, 0.15) is 11.6 Å². The minimum atomic E-state index is -1.82. The summed E-state index contributed by atoms with van der Waals surface area (Å²) >= 11 is 0. The molecule has 1 aromatic heterocycles. The number of carbonyl (C=O) groups excluding carboxylic acids is 1. The van der Waals surface area contributed by atoms with Crippen LogP contribution >= 0.6 is 0 Å². The second kappa shape index (κ2) is 10.7. The zero-order valence-electron chi connectivity index (χ0n) is 18.3. The van der Waals surface area contributed by atoms with Gasteiger partial charge in [0.15, 0.2) is 0 Å². The zero-order chi connectivity index (χ0) is 24.0. The van der Waals surface area contributed by atoms with Gasteiger partial charge in [-0.2, -0.15) is 0 Å². The Morgan fingerprint density at radius 3 is 2.21 bits per heavy atom. The molecule has 1 aliphatic heterocycles. The summed E-state index contributed by atoms with van der Waals surface area (Å²) in [5.41, 5.74) is 3.09. The molecule has 0 saturated carbocycles. The van der Waals surface area contributed by atoms with Crippen LogP contribution in [0.5, 0.6) is 0 Å². The van der Waals surface area contributed by atoms with Crippen LogP contribution < -0.4 is 0 Å². The molecule has 1 aliphatic rings. The molecule has 1 saturated heterocycles.